The molecule has 1 aliphatic carbocycles. The van der Waals surface area contributed by atoms with Crippen molar-refractivity contribution < 1.29 is 92.7 Å². The van der Waals surface area contributed by atoms with Gasteiger partial charge in [-0.3, -0.25) is 0 Å². The van der Waals surface area contributed by atoms with Gasteiger partial charge in [0.05, 0.1) is 27.4 Å². The summed E-state index contributed by atoms with van der Waals surface area (Å²) in [6.45, 7) is 0. The van der Waals surface area contributed by atoms with Crippen LogP contribution in [-0.4, -0.2) is 7.12 Å². The normalized spacial score (nSPS) is 13.1. The maximum absolute atomic E-state index is 15.8. The molecule has 0 saturated heterocycles. The molecule has 55 heavy (non-hydrogen) atoms. The molecule has 0 atom stereocenters. The molecule has 0 amide bonds. The maximum Gasteiger partial charge on any atom is 0.639 e. The van der Waals surface area contributed by atoms with E-state index in [2.05, 4.69) is 4.65 Å². The SMILES string of the molecule is Fc1c(F)c(F)c(B(Oc2c(F)c(F)c(F)c3c2C(F)(F)c2c(F)c(F)c(F)c(F)c2-3)Oc2c(F)c(F)c(F)c3c(F)c4c(F)cccc4cc23)c(F)c1F. The standard InChI is InChI=1S/C33H4BF19O2/c35-7-3-1-2-5-4-6-9(15(36)8(5)7)16(37)23(44)29(50)31(6)54-34(14-20(41)26(47)28(49)27(48)21(14)42)55-32-13-11(18(39)24(45)30(32)51)10-12(33(13,52)53)19(40)25(46)22(43)17(10)38/h1-4H. The monoisotopic (exact) mass is 804 g/mol. The Morgan fingerprint density at radius 3 is 1.47 bits per heavy atom. The molecule has 284 valence electrons. The van der Waals surface area contributed by atoms with E-state index in [1.54, 1.807) is 0 Å². The van der Waals surface area contributed by atoms with Crippen molar-refractivity contribution in [2.45, 2.75) is 5.92 Å². The molecule has 0 N–H and O–H groups in total. The molecule has 22 heteroatoms. The second-order valence-corrected chi connectivity index (χ2v) is 11.4. The molecule has 7 rings (SSSR count). The van der Waals surface area contributed by atoms with Crippen molar-refractivity contribution in [2.75, 3.05) is 0 Å². The summed E-state index contributed by atoms with van der Waals surface area (Å²) in [5, 5.41) is -5.00. The number of rotatable bonds is 5. The van der Waals surface area contributed by atoms with Gasteiger partial charge in [0.25, 0.3) is 0 Å². The average molecular weight is 804 g/mol. The summed E-state index contributed by atoms with van der Waals surface area (Å²) in [6.07, 6.45) is 0. The smallest absolute Gasteiger partial charge is 0.519 e. The molecule has 1 aliphatic rings. The van der Waals surface area contributed by atoms with E-state index in [0.29, 0.717) is 12.1 Å². The van der Waals surface area contributed by atoms with Gasteiger partial charge in [-0.2, -0.15) is 17.6 Å². The molecule has 6 aromatic carbocycles. The van der Waals surface area contributed by atoms with E-state index in [1.165, 1.54) is 0 Å². The Bertz CT molecular complexity index is 2710. The first-order valence-electron chi connectivity index (χ1n) is 14.3. The fraction of sp³-hybridized carbons (Fsp3) is 0.0303. The average Bonchev–Trinajstić information content (AvgIpc) is 3.39. The fourth-order valence-electron chi connectivity index (χ4n) is 6.05. The molecule has 0 aromatic heterocycles. The highest BCUT2D eigenvalue weighted by Crippen LogP contribution is 2.58. The third-order valence-electron chi connectivity index (χ3n) is 8.46. The van der Waals surface area contributed by atoms with Gasteiger partial charge in [-0.15, -0.1) is 0 Å². The fourth-order valence-corrected chi connectivity index (χ4v) is 6.05. The van der Waals surface area contributed by atoms with Crippen LogP contribution < -0.4 is 14.8 Å². The maximum atomic E-state index is 15.8. The van der Waals surface area contributed by atoms with E-state index in [-0.39, 0.29) is 0 Å². The number of benzene rings is 6. The van der Waals surface area contributed by atoms with Crippen molar-refractivity contribution in [1.29, 1.82) is 0 Å². The van der Waals surface area contributed by atoms with E-state index in [4.69, 9.17) is 4.65 Å². The zero-order valence-corrected chi connectivity index (χ0v) is 25.4. The zero-order valence-electron chi connectivity index (χ0n) is 25.4. The van der Waals surface area contributed by atoms with Gasteiger partial charge in [0, 0.05) is 16.5 Å². The van der Waals surface area contributed by atoms with Crippen LogP contribution in [0.5, 0.6) is 11.5 Å². The van der Waals surface area contributed by atoms with Crippen molar-refractivity contribution in [3.63, 3.8) is 0 Å². The van der Waals surface area contributed by atoms with Crippen LogP contribution in [0.15, 0.2) is 24.3 Å². The molecule has 0 radical (unpaired) electrons. The lowest BCUT2D eigenvalue weighted by atomic mass is 9.76. The Hall–Kier alpha value is -5.83. The Morgan fingerprint density at radius 1 is 0.418 bits per heavy atom. The van der Waals surface area contributed by atoms with Crippen LogP contribution in [0, 0.1) is 98.9 Å². The van der Waals surface area contributed by atoms with Crippen molar-refractivity contribution >= 4 is 34.1 Å². The second-order valence-electron chi connectivity index (χ2n) is 11.4. The molecular weight excluding hydrogens is 800 g/mol. The highest BCUT2D eigenvalue weighted by molar-refractivity contribution is 6.63. The predicted octanol–water partition coefficient (Wildman–Crippen LogP) is 10.3. The number of hydrogen-bond donors (Lipinski definition) is 0. The highest BCUT2D eigenvalue weighted by atomic mass is 19.3. The predicted molar refractivity (Wildman–Crippen MR) is 149 cm³/mol. The van der Waals surface area contributed by atoms with Crippen LogP contribution >= 0.6 is 0 Å². The third kappa shape index (κ3) is 4.94. The van der Waals surface area contributed by atoms with Crippen LogP contribution in [-0.2, 0) is 5.92 Å². The van der Waals surface area contributed by atoms with E-state index >= 15 is 39.5 Å². The van der Waals surface area contributed by atoms with E-state index in [1.807, 2.05) is 0 Å². The molecule has 0 unspecified atom stereocenters. The minimum Gasteiger partial charge on any atom is -0.519 e. The van der Waals surface area contributed by atoms with Crippen LogP contribution in [0.3, 0.4) is 0 Å². The summed E-state index contributed by atoms with van der Waals surface area (Å²) < 4.78 is 293. The number of halogens is 19. The van der Waals surface area contributed by atoms with Gasteiger partial charge in [-0.1, -0.05) is 12.1 Å². The summed E-state index contributed by atoms with van der Waals surface area (Å²) in [6, 6.07) is 2.69. The van der Waals surface area contributed by atoms with E-state index in [0.717, 1.165) is 12.1 Å². The van der Waals surface area contributed by atoms with Crippen molar-refractivity contribution in [2.24, 2.45) is 0 Å². The van der Waals surface area contributed by atoms with Crippen molar-refractivity contribution in [1.82, 2.24) is 0 Å². The summed E-state index contributed by atoms with van der Waals surface area (Å²) in [4.78, 5) is 0. The number of fused-ring (bicyclic) bond motifs is 5. The molecule has 0 spiro atoms. The first-order chi connectivity index (χ1) is 25.7. The zero-order chi connectivity index (χ0) is 40.5. The lowest BCUT2D eigenvalue weighted by Crippen LogP contribution is -2.48. The first kappa shape index (κ1) is 37.5. The minimum atomic E-state index is -5.61. The van der Waals surface area contributed by atoms with Crippen LogP contribution in [0.25, 0.3) is 32.7 Å². The molecule has 0 heterocycles. The van der Waals surface area contributed by atoms with Gasteiger partial charge in [0.15, 0.2) is 81.4 Å². The highest BCUT2D eigenvalue weighted by Gasteiger charge is 2.56. The molecule has 0 aliphatic heterocycles. The van der Waals surface area contributed by atoms with Crippen molar-refractivity contribution in [3.8, 4) is 22.6 Å². The van der Waals surface area contributed by atoms with Gasteiger partial charge in [0.1, 0.15) is 17.4 Å². The summed E-state index contributed by atoms with van der Waals surface area (Å²) >= 11 is 0. The molecule has 2 nitrogen and oxygen atoms in total. The molecule has 0 saturated carbocycles. The Morgan fingerprint density at radius 2 is 0.873 bits per heavy atom. The summed E-state index contributed by atoms with van der Waals surface area (Å²) in [5.74, 6) is -57.9. The molecular formula is C33H4BF19O2. The summed E-state index contributed by atoms with van der Waals surface area (Å²) in [5.41, 5.74) is -12.7. The van der Waals surface area contributed by atoms with Crippen LogP contribution in [0.4, 0.5) is 83.4 Å². The Kier molecular flexibility index (Phi) is 8.42. The van der Waals surface area contributed by atoms with Gasteiger partial charge in [-0.25, -0.2) is 65.9 Å². The van der Waals surface area contributed by atoms with Crippen molar-refractivity contribution in [3.05, 3.63) is 134 Å². The van der Waals surface area contributed by atoms with Crippen LogP contribution in [0.2, 0.25) is 0 Å². The lowest BCUT2D eigenvalue weighted by Gasteiger charge is -2.24. The second kappa shape index (κ2) is 12.3. The Balaban J connectivity index is 1.57. The van der Waals surface area contributed by atoms with E-state index in [9.17, 15) is 43.9 Å². The quantitative estimate of drug-likeness (QED) is 0.0568. The van der Waals surface area contributed by atoms with Crippen LogP contribution in [0.1, 0.15) is 11.1 Å². The number of alkyl halides is 2. The molecule has 0 bridgehead atoms. The Labute approximate surface area is 290 Å². The largest absolute Gasteiger partial charge is 0.639 e. The number of hydrogen-bond acceptors (Lipinski definition) is 2. The van der Waals surface area contributed by atoms with Gasteiger partial charge >= 0.3 is 13.0 Å². The first-order valence-corrected chi connectivity index (χ1v) is 14.3. The van der Waals surface area contributed by atoms with Gasteiger partial charge < -0.3 is 9.31 Å². The molecule has 0 fully saturated rings. The lowest BCUT2D eigenvalue weighted by molar-refractivity contribution is 0.0404. The third-order valence-corrected chi connectivity index (χ3v) is 8.46. The van der Waals surface area contributed by atoms with Gasteiger partial charge in [-0.05, 0) is 17.5 Å². The van der Waals surface area contributed by atoms with Gasteiger partial charge in [0.2, 0.25) is 11.6 Å². The van der Waals surface area contributed by atoms with E-state index < -0.39 is 173 Å². The topological polar surface area (TPSA) is 18.5 Å². The summed E-state index contributed by atoms with van der Waals surface area (Å²) in [7, 11) is -4.01. The molecule has 6 aromatic rings. The minimum absolute atomic E-state index is 0.378.